The first-order chi connectivity index (χ1) is 13.9. The molecule has 158 valence electrons. The smallest absolute Gasteiger partial charge is 0.255 e. The van der Waals surface area contributed by atoms with Crippen molar-refractivity contribution >= 4 is 15.9 Å². The van der Waals surface area contributed by atoms with Gasteiger partial charge in [0, 0.05) is 31.8 Å². The molecule has 2 aliphatic rings. The molecule has 2 atom stereocenters. The molecule has 1 aromatic carbocycles. The first-order valence-electron chi connectivity index (χ1n) is 10.3. The SMILES string of the molecule is CCN(CC)S(=O)(=O)c1cccc(C(=O)N2CCCC3(CCCCO3)C2C#N)c1. The molecule has 0 saturated carbocycles. The van der Waals surface area contributed by atoms with Gasteiger partial charge in [-0.25, -0.2) is 8.42 Å². The lowest BCUT2D eigenvalue weighted by atomic mass is 9.79. The van der Waals surface area contributed by atoms with E-state index in [0.29, 0.717) is 26.2 Å². The van der Waals surface area contributed by atoms with E-state index in [4.69, 9.17) is 4.74 Å². The van der Waals surface area contributed by atoms with E-state index in [0.717, 1.165) is 32.1 Å². The van der Waals surface area contributed by atoms with Crippen molar-refractivity contribution in [3.63, 3.8) is 0 Å². The number of nitrogens with zero attached hydrogens (tertiary/aromatic N) is 3. The summed E-state index contributed by atoms with van der Waals surface area (Å²) in [5.41, 5.74) is -0.322. The summed E-state index contributed by atoms with van der Waals surface area (Å²) in [6.45, 7) is 5.36. The van der Waals surface area contributed by atoms with Crippen molar-refractivity contribution in [2.45, 2.75) is 62.5 Å². The van der Waals surface area contributed by atoms with Gasteiger partial charge < -0.3 is 9.64 Å². The molecule has 0 bridgehead atoms. The van der Waals surface area contributed by atoms with Crippen LogP contribution in [-0.4, -0.2) is 61.4 Å². The van der Waals surface area contributed by atoms with E-state index in [1.165, 1.54) is 16.4 Å². The summed E-state index contributed by atoms with van der Waals surface area (Å²) < 4.78 is 33.1. The van der Waals surface area contributed by atoms with Crippen molar-refractivity contribution in [1.29, 1.82) is 5.26 Å². The number of carbonyl (C=O) groups excluding carboxylic acids is 1. The standard InChI is InChI=1S/C21H29N3O4S/c1-3-23(4-2)29(26,27)18-10-7-9-17(15-18)20(25)24-13-8-12-21(19(24)16-22)11-5-6-14-28-21/h7,9-10,15,19H,3-6,8,11-14H2,1-2H3. The Kier molecular flexibility index (Phi) is 6.62. The van der Waals surface area contributed by atoms with E-state index in [9.17, 15) is 18.5 Å². The third kappa shape index (κ3) is 4.04. The topological polar surface area (TPSA) is 90.7 Å². The molecule has 29 heavy (non-hydrogen) atoms. The predicted octanol–water partition coefficient (Wildman–Crippen LogP) is 2.78. The van der Waals surface area contributed by atoms with Crippen molar-refractivity contribution in [2.75, 3.05) is 26.2 Å². The molecule has 0 aliphatic carbocycles. The summed E-state index contributed by atoms with van der Waals surface area (Å²) in [4.78, 5) is 15.0. The van der Waals surface area contributed by atoms with Crippen molar-refractivity contribution in [3.05, 3.63) is 29.8 Å². The molecule has 1 aromatic rings. The summed E-state index contributed by atoms with van der Waals surface area (Å²) >= 11 is 0. The minimum Gasteiger partial charge on any atom is -0.372 e. The zero-order valence-electron chi connectivity index (χ0n) is 17.1. The highest BCUT2D eigenvalue weighted by atomic mass is 32.2. The number of sulfonamides is 1. The Labute approximate surface area is 173 Å². The highest BCUT2D eigenvalue weighted by Gasteiger charge is 2.48. The lowest BCUT2D eigenvalue weighted by Gasteiger charge is -2.48. The van der Waals surface area contributed by atoms with Gasteiger partial charge in [0.15, 0.2) is 0 Å². The molecule has 2 unspecified atom stereocenters. The normalized spacial score (nSPS) is 25.2. The van der Waals surface area contributed by atoms with Crippen LogP contribution in [0.4, 0.5) is 0 Å². The van der Waals surface area contributed by atoms with E-state index in [-0.39, 0.29) is 16.4 Å². The minimum atomic E-state index is -3.66. The number of benzene rings is 1. The van der Waals surface area contributed by atoms with E-state index in [2.05, 4.69) is 6.07 Å². The maximum absolute atomic E-state index is 13.3. The molecule has 3 rings (SSSR count). The van der Waals surface area contributed by atoms with Gasteiger partial charge in [-0.1, -0.05) is 19.9 Å². The molecule has 7 nitrogen and oxygen atoms in total. The highest BCUT2D eigenvalue weighted by Crippen LogP contribution is 2.39. The average Bonchev–Trinajstić information content (AvgIpc) is 2.74. The van der Waals surface area contributed by atoms with Gasteiger partial charge in [-0.05, 0) is 50.3 Å². The Morgan fingerprint density at radius 3 is 2.62 bits per heavy atom. The molecule has 2 fully saturated rings. The second-order valence-corrected chi connectivity index (χ2v) is 9.56. The van der Waals surface area contributed by atoms with Gasteiger partial charge in [0.1, 0.15) is 11.6 Å². The van der Waals surface area contributed by atoms with Gasteiger partial charge in [-0.15, -0.1) is 0 Å². The monoisotopic (exact) mass is 419 g/mol. The molecule has 0 N–H and O–H groups in total. The molecular formula is C21H29N3O4S. The number of carbonyl (C=O) groups is 1. The molecule has 0 aromatic heterocycles. The molecule has 0 radical (unpaired) electrons. The van der Waals surface area contributed by atoms with Gasteiger partial charge in [-0.2, -0.15) is 9.57 Å². The Morgan fingerprint density at radius 2 is 2.00 bits per heavy atom. The first kappa shape index (κ1) is 21.8. The number of likely N-dealkylation sites (tertiary alicyclic amines) is 1. The van der Waals surface area contributed by atoms with Crippen LogP contribution in [0.2, 0.25) is 0 Å². The molecule has 2 aliphatic heterocycles. The van der Waals surface area contributed by atoms with Crippen LogP contribution < -0.4 is 0 Å². The molecule has 1 amide bonds. The summed E-state index contributed by atoms with van der Waals surface area (Å²) in [7, 11) is -3.66. The third-order valence-electron chi connectivity index (χ3n) is 6.00. The van der Waals surface area contributed by atoms with E-state index in [1.807, 2.05) is 0 Å². The number of hydrogen-bond acceptors (Lipinski definition) is 5. The van der Waals surface area contributed by atoms with Crippen LogP contribution >= 0.6 is 0 Å². The van der Waals surface area contributed by atoms with Crippen molar-refractivity contribution < 1.29 is 17.9 Å². The fraction of sp³-hybridized carbons (Fsp3) is 0.619. The summed E-state index contributed by atoms with van der Waals surface area (Å²) in [5.74, 6) is -0.318. The first-order valence-corrected chi connectivity index (χ1v) is 11.8. The van der Waals surface area contributed by atoms with Crippen molar-refractivity contribution in [2.24, 2.45) is 0 Å². The molecule has 8 heteroatoms. The van der Waals surface area contributed by atoms with Crippen LogP contribution in [0.1, 0.15) is 56.3 Å². The highest BCUT2D eigenvalue weighted by molar-refractivity contribution is 7.89. The number of amides is 1. The Balaban J connectivity index is 1.91. The summed E-state index contributed by atoms with van der Waals surface area (Å²) in [6, 6.07) is 7.77. The van der Waals surface area contributed by atoms with Gasteiger partial charge in [-0.3, -0.25) is 4.79 Å². The maximum Gasteiger partial charge on any atom is 0.255 e. The van der Waals surface area contributed by atoms with E-state index >= 15 is 0 Å². The van der Waals surface area contributed by atoms with Crippen LogP contribution in [-0.2, 0) is 14.8 Å². The Morgan fingerprint density at radius 1 is 1.28 bits per heavy atom. The zero-order valence-corrected chi connectivity index (χ0v) is 18.0. The van der Waals surface area contributed by atoms with Crippen LogP contribution in [0.5, 0.6) is 0 Å². The van der Waals surface area contributed by atoms with Crippen LogP contribution in [0.25, 0.3) is 0 Å². The summed E-state index contributed by atoms with van der Waals surface area (Å²) in [5, 5.41) is 9.87. The molecule has 1 spiro atoms. The number of nitriles is 1. The second kappa shape index (κ2) is 8.82. The molecule has 2 saturated heterocycles. The van der Waals surface area contributed by atoms with Crippen molar-refractivity contribution in [1.82, 2.24) is 9.21 Å². The number of hydrogen-bond donors (Lipinski definition) is 0. The number of ether oxygens (including phenoxy) is 1. The number of piperidine rings is 1. The Hall–Kier alpha value is -1.95. The number of rotatable bonds is 5. The van der Waals surface area contributed by atoms with Crippen LogP contribution in [0.3, 0.4) is 0 Å². The fourth-order valence-electron chi connectivity index (χ4n) is 4.46. The lowest BCUT2D eigenvalue weighted by Crippen LogP contribution is -2.60. The fourth-order valence-corrected chi connectivity index (χ4v) is 5.96. The van der Waals surface area contributed by atoms with Gasteiger partial charge in [0.05, 0.1) is 11.0 Å². The largest absolute Gasteiger partial charge is 0.372 e. The molecular weight excluding hydrogens is 390 g/mol. The quantitative estimate of drug-likeness (QED) is 0.732. The van der Waals surface area contributed by atoms with Crippen LogP contribution in [0.15, 0.2) is 29.2 Å². The van der Waals surface area contributed by atoms with E-state index < -0.39 is 21.7 Å². The van der Waals surface area contributed by atoms with E-state index in [1.54, 1.807) is 30.9 Å². The maximum atomic E-state index is 13.3. The predicted molar refractivity (Wildman–Crippen MR) is 109 cm³/mol. The zero-order chi connectivity index (χ0) is 21.1. The minimum absolute atomic E-state index is 0.0983. The van der Waals surface area contributed by atoms with Crippen LogP contribution in [0, 0.1) is 11.3 Å². The molecule has 2 heterocycles. The van der Waals surface area contributed by atoms with Gasteiger partial charge in [0.2, 0.25) is 10.0 Å². The van der Waals surface area contributed by atoms with Crippen molar-refractivity contribution in [3.8, 4) is 6.07 Å². The lowest BCUT2D eigenvalue weighted by molar-refractivity contribution is -0.128. The second-order valence-electron chi connectivity index (χ2n) is 7.62. The summed E-state index contributed by atoms with van der Waals surface area (Å²) in [6.07, 6.45) is 4.26. The van der Waals surface area contributed by atoms with Gasteiger partial charge >= 0.3 is 0 Å². The Bertz CT molecular complexity index is 878. The third-order valence-corrected chi connectivity index (χ3v) is 8.05. The van der Waals surface area contributed by atoms with Gasteiger partial charge in [0.25, 0.3) is 5.91 Å². The average molecular weight is 420 g/mol.